The number of nitro groups is 1. The maximum absolute atomic E-state index is 12.2. The first kappa shape index (κ1) is 15.4. The van der Waals surface area contributed by atoms with Crippen LogP contribution in [0.4, 0.5) is 11.4 Å². The lowest BCUT2D eigenvalue weighted by Gasteiger charge is -2.08. The van der Waals surface area contributed by atoms with Crippen molar-refractivity contribution in [2.75, 3.05) is 4.72 Å². The summed E-state index contributed by atoms with van der Waals surface area (Å²) in [5, 5.41) is 10.7. The molecule has 114 valence electrons. The van der Waals surface area contributed by atoms with Crippen LogP contribution in [0.1, 0.15) is 10.4 Å². The van der Waals surface area contributed by atoms with Gasteiger partial charge in [0, 0.05) is 23.4 Å². The van der Waals surface area contributed by atoms with E-state index >= 15 is 0 Å². The summed E-state index contributed by atoms with van der Waals surface area (Å²) in [5.41, 5.74) is 5.05. The van der Waals surface area contributed by atoms with Crippen LogP contribution in [0.15, 0.2) is 53.4 Å². The molecule has 0 saturated carbocycles. The lowest BCUT2D eigenvalue weighted by molar-refractivity contribution is -0.385. The Kier molecular flexibility index (Phi) is 4.08. The molecule has 0 saturated heterocycles. The molecule has 2 aromatic carbocycles. The third kappa shape index (κ3) is 3.38. The third-order valence-electron chi connectivity index (χ3n) is 2.74. The Balaban J connectivity index is 2.35. The van der Waals surface area contributed by atoms with Gasteiger partial charge < -0.3 is 5.73 Å². The van der Waals surface area contributed by atoms with Crippen LogP contribution in [-0.2, 0) is 10.0 Å². The molecule has 22 heavy (non-hydrogen) atoms. The number of nitrogens with one attached hydrogen (secondary N) is 1. The average Bonchev–Trinajstić information content (AvgIpc) is 2.47. The van der Waals surface area contributed by atoms with Gasteiger partial charge in [0.1, 0.15) is 0 Å². The van der Waals surface area contributed by atoms with Crippen molar-refractivity contribution in [2.24, 2.45) is 5.73 Å². The van der Waals surface area contributed by atoms with Crippen molar-refractivity contribution >= 4 is 27.3 Å². The normalized spacial score (nSPS) is 10.9. The Morgan fingerprint density at radius 2 is 1.82 bits per heavy atom. The number of carbonyl (C=O) groups is 1. The second-order valence-corrected chi connectivity index (χ2v) is 5.99. The van der Waals surface area contributed by atoms with Gasteiger partial charge in [0.05, 0.1) is 9.82 Å². The predicted molar refractivity (Wildman–Crippen MR) is 78.9 cm³/mol. The maximum atomic E-state index is 12.2. The van der Waals surface area contributed by atoms with Gasteiger partial charge in [0.2, 0.25) is 5.91 Å². The molecule has 2 aromatic rings. The Morgan fingerprint density at radius 3 is 2.45 bits per heavy atom. The first-order valence-corrected chi connectivity index (χ1v) is 7.45. The summed E-state index contributed by atoms with van der Waals surface area (Å²) < 4.78 is 26.7. The second-order valence-electron chi connectivity index (χ2n) is 4.31. The minimum atomic E-state index is -4.02. The predicted octanol–water partition coefficient (Wildman–Crippen LogP) is 1.49. The first-order chi connectivity index (χ1) is 10.3. The summed E-state index contributed by atoms with van der Waals surface area (Å²) in [6, 6.07) is 10.2. The zero-order valence-corrected chi connectivity index (χ0v) is 11.9. The van der Waals surface area contributed by atoms with E-state index in [9.17, 15) is 23.3 Å². The van der Waals surface area contributed by atoms with Crippen molar-refractivity contribution in [2.45, 2.75) is 4.90 Å². The van der Waals surface area contributed by atoms with Gasteiger partial charge in [0.25, 0.3) is 15.7 Å². The fraction of sp³-hybridized carbons (Fsp3) is 0. The minimum Gasteiger partial charge on any atom is -0.366 e. The van der Waals surface area contributed by atoms with Crippen molar-refractivity contribution in [3.05, 3.63) is 64.2 Å². The quantitative estimate of drug-likeness (QED) is 0.636. The Hall–Kier alpha value is -2.94. The van der Waals surface area contributed by atoms with Crippen LogP contribution in [0.2, 0.25) is 0 Å². The summed E-state index contributed by atoms with van der Waals surface area (Å²) >= 11 is 0. The van der Waals surface area contributed by atoms with Gasteiger partial charge in [-0.25, -0.2) is 8.42 Å². The highest BCUT2D eigenvalue weighted by molar-refractivity contribution is 7.92. The molecule has 1 amide bonds. The number of hydrogen-bond donors (Lipinski definition) is 2. The topological polar surface area (TPSA) is 132 Å². The van der Waals surface area contributed by atoms with Crippen LogP contribution in [0.5, 0.6) is 0 Å². The zero-order valence-electron chi connectivity index (χ0n) is 11.1. The molecule has 0 radical (unpaired) electrons. The molecule has 0 unspecified atom stereocenters. The molecule has 0 fully saturated rings. The molecular formula is C13H11N3O5S. The molecule has 3 N–H and O–H groups in total. The van der Waals surface area contributed by atoms with Crippen LogP contribution in [0.3, 0.4) is 0 Å². The number of nitrogens with two attached hydrogens (primary N) is 1. The number of sulfonamides is 1. The van der Waals surface area contributed by atoms with E-state index in [4.69, 9.17) is 5.73 Å². The number of amides is 1. The van der Waals surface area contributed by atoms with Crippen molar-refractivity contribution < 1.29 is 18.1 Å². The van der Waals surface area contributed by atoms with Gasteiger partial charge in [0.15, 0.2) is 0 Å². The number of benzene rings is 2. The van der Waals surface area contributed by atoms with Crippen molar-refractivity contribution in [1.82, 2.24) is 0 Å². The Labute approximate surface area is 125 Å². The van der Waals surface area contributed by atoms with Crippen LogP contribution in [0.25, 0.3) is 0 Å². The number of nitro benzene ring substituents is 1. The smallest absolute Gasteiger partial charge is 0.270 e. The van der Waals surface area contributed by atoms with Gasteiger partial charge in [-0.05, 0) is 24.3 Å². The molecule has 8 nitrogen and oxygen atoms in total. The summed E-state index contributed by atoms with van der Waals surface area (Å²) in [6.45, 7) is 0. The molecule has 0 heterocycles. The van der Waals surface area contributed by atoms with Gasteiger partial charge in [-0.1, -0.05) is 12.1 Å². The summed E-state index contributed by atoms with van der Waals surface area (Å²) in [6.07, 6.45) is 0. The molecule has 2 rings (SSSR count). The number of anilines is 1. The Morgan fingerprint density at radius 1 is 1.14 bits per heavy atom. The molecule has 0 bridgehead atoms. The summed E-state index contributed by atoms with van der Waals surface area (Å²) in [5.74, 6) is -0.698. The SMILES string of the molecule is NC(=O)c1cccc(NS(=O)(=O)c2cccc([N+](=O)[O-])c2)c1. The van der Waals surface area contributed by atoms with Crippen LogP contribution in [-0.4, -0.2) is 19.2 Å². The fourth-order valence-corrected chi connectivity index (χ4v) is 2.80. The van der Waals surface area contributed by atoms with Gasteiger partial charge >= 0.3 is 0 Å². The number of hydrogen-bond acceptors (Lipinski definition) is 5. The largest absolute Gasteiger partial charge is 0.366 e. The molecule has 9 heteroatoms. The number of carbonyl (C=O) groups excluding carboxylic acids is 1. The fourth-order valence-electron chi connectivity index (χ4n) is 1.71. The average molecular weight is 321 g/mol. The highest BCUT2D eigenvalue weighted by atomic mass is 32.2. The molecule has 0 spiro atoms. The van der Waals surface area contributed by atoms with Crippen LogP contribution < -0.4 is 10.5 Å². The molecule has 0 aromatic heterocycles. The number of rotatable bonds is 5. The number of primary amides is 1. The summed E-state index contributed by atoms with van der Waals surface area (Å²) in [7, 11) is -4.02. The standard InChI is InChI=1S/C13H11N3O5S/c14-13(17)9-3-1-4-10(7-9)15-22(20,21)12-6-2-5-11(8-12)16(18)19/h1-8,15H,(H2,14,17). The van der Waals surface area contributed by atoms with E-state index < -0.39 is 20.9 Å². The van der Waals surface area contributed by atoms with E-state index in [1.165, 1.54) is 42.5 Å². The minimum absolute atomic E-state index is 0.128. The monoisotopic (exact) mass is 321 g/mol. The van der Waals surface area contributed by atoms with E-state index in [-0.39, 0.29) is 21.8 Å². The van der Waals surface area contributed by atoms with Crippen LogP contribution >= 0.6 is 0 Å². The molecule has 0 aliphatic carbocycles. The lowest BCUT2D eigenvalue weighted by atomic mass is 10.2. The van der Waals surface area contributed by atoms with E-state index in [0.717, 1.165) is 6.07 Å². The molecule has 0 aliphatic heterocycles. The number of nitrogens with zero attached hydrogens (tertiary/aromatic N) is 1. The zero-order chi connectivity index (χ0) is 16.3. The van der Waals surface area contributed by atoms with Gasteiger partial charge in [-0.2, -0.15) is 0 Å². The van der Waals surface area contributed by atoms with Gasteiger partial charge in [-0.3, -0.25) is 19.6 Å². The maximum Gasteiger partial charge on any atom is 0.270 e. The van der Waals surface area contributed by atoms with Crippen molar-refractivity contribution in [3.63, 3.8) is 0 Å². The van der Waals surface area contributed by atoms with Crippen molar-refractivity contribution in [3.8, 4) is 0 Å². The third-order valence-corrected chi connectivity index (χ3v) is 4.12. The molecular weight excluding hydrogens is 310 g/mol. The Bertz CT molecular complexity index is 848. The van der Waals surface area contributed by atoms with E-state index in [0.29, 0.717) is 0 Å². The van der Waals surface area contributed by atoms with Gasteiger partial charge in [-0.15, -0.1) is 0 Å². The lowest BCUT2D eigenvalue weighted by Crippen LogP contribution is -2.15. The van der Waals surface area contributed by atoms with Crippen molar-refractivity contribution in [1.29, 1.82) is 0 Å². The summed E-state index contributed by atoms with van der Waals surface area (Å²) in [4.78, 5) is 20.8. The molecule has 0 atom stereocenters. The van der Waals surface area contributed by atoms with Crippen LogP contribution in [0, 0.1) is 10.1 Å². The van der Waals surface area contributed by atoms with E-state index in [2.05, 4.69) is 4.72 Å². The van der Waals surface area contributed by atoms with E-state index in [1.807, 2.05) is 0 Å². The highest BCUT2D eigenvalue weighted by Gasteiger charge is 2.18. The van der Waals surface area contributed by atoms with E-state index in [1.54, 1.807) is 0 Å². The first-order valence-electron chi connectivity index (χ1n) is 5.97. The molecule has 0 aliphatic rings. The second kappa shape index (κ2) is 5.82. The highest BCUT2D eigenvalue weighted by Crippen LogP contribution is 2.20. The number of non-ortho nitro benzene ring substituents is 1.